The van der Waals surface area contributed by atoms with E-state index in [-0.39, 0.29) is 23.0 Å². The first-order chi connectivity index (χ1) is 11.0. The normalized spacial score (nSPS) is 10.5. The van der Waals surface area contributed by atoms with Crippen LogP contribution >= 0.6 is 0 Å². The van der Waals surface area contributed by atoms with Gasteiger partial charge in [0.2, 0.25) is 0 Å². The number of nitrogens with two attached hydrogens (primary N) is 1. The van der Waals surface area contributed by atoms with Crippen LogP contribution in [0.25, 0.3) is 0 Å². The maximum absolute atomic E-state index is 12.0. The number of aromatic nitrogens is 6. The fourth-order valence-electron chi connectivity index (χ4n) is 1.80. The second-order valence-corrected chi connectivity index (χ2v) is 4.72. The van der Waals surface area contributed by atoms with E-state index >= 15 is 0 Å². The first kappa shape index (κ1) is 14.3. The zero-order valence-corrected chi connectivity index (χ0v) is 12.0. The number of aromatic amines is 3. The summed E-state index contributed by atoms with van der Waals surface area (Å²) in [5.41, 5.74) is 6.59. The summed E-state index contributed by atoms with van der Waals surface area (Å²) in [6, 6.07) is 4.46. The number of rotatable bonds is 4. The molecule has 0 atom stereocenters. The molecule has 0 unspecified atom stereocenters. The van der Waals surface area contributed by atoms with Crippen LogP contribution in [0.1, 0.15) is 26.7 Å². The van der Waals surface area contributed by atoms with Crippen LogP contribution in [0, 0.1) is 6.92 Å². The topological polar surface area (TPSA) is 170 Å². The van der Waals surface area contributed by atoms with Crippen molar-refractivity contribution in [1.82, 2.24) is 30.6 Å². The van der Waals surface area contributed by atoms with E-state index in [1.165, 1.54) is 12.1 Å². The molecule has 0 aliphatic rings. The lowest BCUT2D eigenvalue weighted by molar-refractivity contribution is 0.101. The molecule has 11 nitrogen and oxygen atoms in total. The minimum absolute atomic E-state index is 0.171. The van der Waals surface area contributed by atoms with Gasteiger partial charge in [0.25, 0.3) is 11.8 Å². The summed E-state index contributed by atoms with van der Waals surface area (Å²) in [6.45, 7) is 1.81. The number of H-pyrrole nitrogens is 3. The smallest absolute Gasteiger partial charge is 0.274 e. The number of nitrogens with zero attached hydrogens (tertiary/aromatic N) is 3. The molecule has 3 aromatic rings. The van der Waals surface area contributed by atoms with Gasteiger partial charge in [-0.25, -0.2) is 0 Å². The fourth-order valence-corrected chi connectivity index (χ4v) is 1.80. The average Bonchev–Trinajstić information content (AvgIpc) is 3.21. The van der Waals surface area contributed by atoms with Gasteiger partial charge in [-0.2, -0.15) is 15.3 Å². The highest BCUT2D eigenvalue weighted by atomic mass is 16.2. The third-order valence-corrected chi connectivity index (χ3v) is 2.85. The third kappa shape index (κ3) is 3.18. The predicted octanol–water partition coefficient (Wildman–Crippen LogP) is 0.251. The van der Waals surface area contributed by atoms with Gasteiger partial charge in [-0.05, 0) is 6.92 Å². The van der Waals surface area contributed by atoms with Crippen LogP contribution in [-0.4, -0.2) is 42.4 Å². The van der Waals surface area contributed by atoms with Gasteiger partial charge in [-0.15, -0.1) is 0 Å². The number of amides is 2. The van der Waals surface area contributed by atoms with Crippen molar-refractivity contribution in [1.29, 1.82) is 0 Å². The van der Waals surface area contributed by atoms with Crippen LogP contribution in [0.5, 0.6) is 0 Å². The Morgan fingerprint density at radius 2 is 1.48 bits per heavy atom. The molecule has 3 aromatic heterocycles. The molecule has 3 heterocycles. The van der Waals surface area contributed by atoms with E-state index in [1.54, 1.807) is 6.07 Å². The number of nitrogens with one attached hydrogen (secondary N) is 5. The largest absolute Gasteiger partial charge is 0.382 e. The Hall–Kier alpha value is -3.63. The molecule has 3 rings (SSSR count). The molecule has 23 heavy (non-hydrogen) atoms. The molecule has 0 saturated heterocycles. The minimum atomic E-state index is -0.476. The molecular formula is C12H13N9O2. The van der Waals surface area contributed by atoms with Crippen LogP contribution in [-0.2, 0) is 0 Å². The predicted molar refractivity (Wildman–Crippen MR) is 80.8 cm³/mol. The summed E-state index contributed by atoms with van der Waals surface area (Å²) in [4.78, 5) is 23.9. The zero-order valence-electron chi connectivity index (χ0n) is 12.0. The summed E-state index contributed by atoms with van der Waals surface area (Å²) in [6.07, 6.45) is 0. The van der Waals surface area contributed by atoms with Crippen LogP contribution < -0.4 is 16.4 Å². The molecular weight excluding hydrogens is 302 g/mol. The SMILES string of the molecule is Cc1cc(NC(=O)c2cc(NC(=O)c3cc(N)n[nH]3)n[nH]2)n[nH]1. The van der Waals surface area contributed by atoms with E-state index < -0.39 is 11.8 Å². The van der Waals surface area contributed by atoms with Crippen LogP contribution in [0.15, 0.2) is 18.2 Å². The first-order valence-electron chi connectivity index (χ1n) is 6.52. The van der Waals surface area contributed by atoms with Crippen molar-refractivity contribution in [2.75, 3.05) is 16.4 Å². The standard InChI is InChI=1S/C12H13N9O2/c1-5-2-9(20-16-5)14-12(23)7-4-10(21-18-7)15-11(22)6-3-8(13)19-17-6/h2-4H,1H3,(H3,13,17,19)(H2,14,16,20,23)(H2,15,18,21,22). The van der Waals surface area contributed by atoms with Crippen LogP contribution in [0.4, 0.5) is 17.5 Å². The van der Waals surface area contributed by atoms with Crippen molar-refractivity contribution in [2.45, 2.75) is 6.92 Å². The number of carbonyl (C=O) groups is 2. The molecule has 0 bridgehead atoms. The number of anilines is 3. The van der Waals surface area contributed by atoms with Crippen molar-refractivity contribution in [3.8, 4) is 0 Å². The molecule has 0 saturated carbocycles. The van der Waals surface area contributed by atoms with E-state index in [9.17, 15) is 9.59 Å². The number of hydrogen-bond acceptors (Lipinski definition) is 6. The quantitative estimate of drug-likeness (QED) is 0.403. The second-order valence-electron chi connectivity index (χ2n) is 4.72. The first-order valence-corrected chi connectivity index (χ1v) is 6.52. The number of carbonyl (C=O) groups excluding carboxylic acids is 2. The molecule has 0 aliphatic carbocycles. The van der Waals surface area contributed by atoms with Gasteiger partial charge in [0, 0.05) is 23.9 Å². The molecule has 118 valence electrons. The monoisotopic (exact) mass is 315 g/mol. The molecule has 0 fully saturated rings. The van der Waals surface area contributed by atoms with Gasteiger partial charge in [0.15, 0.2) is 11.6 Å². The zero-order chi connectivity index (χ0) is 16.4. The minimum Gasteiger partial charge on any atom is -0.382 e. The average molecular weight is 315 g/mol. The molecule has 0 aromatic carbocycles. The fraction of sp³-hybridized carbons (Fsp3) is 0.0833. The van der Waals surface area contributed by atoms with Crippen molar-refractivity contribution in [2.24, 2.45) is 0 Å². The Morgan fingerprint density at radius 1 is 0.913 bits per heavy atom. The molecule has 0 aliphatic heterocycles. The van der Waals surface area contributed by atoms with Gasteiger partial charge in [-0.3, -0.25) is 24.9 Å². The summed E-state index contributed by atoms with van der Waals surface area (Å²) in [5, 5.41) is 24.2. The molecule has 7 N–H and O–H groups in total. The highest BCUT2D eigenvalue weighted by Gasteiger charge is 2.14. The second kappa shape index (κ2) is 5.63. The number of nitrogen functional groups attached to an aromatic ring is 1. The van der Waals surface area contributed by atoms with E-state index in [0.717, 1.165) is 5.69 Å². The Labute approximate surface area is 129 Å². The summed E-state index contributed by atoms with van der Waals surface area (Å²) >= 11 is 0. The van der Waals surface area contributed by atoms with Crippen LogP contribution in [0.3, 0.4) is 0 Å². The van der Waals surface area contributed by atoms with Crippen LogP contribution in [0.2, 0.25) is 0 Å². The Morgan fingerprint density at radius 3 is 2.04 bits per heavy atom. The van der Waals surface area contributed by atoms with Gasteiger partial charge in [0.05, 0.1) is 0 Å². The highest BCUT2D eigenvalue weighted by molar-refractivity contribution is 6.05. The maximum atomic E-state index is 12.0. The molecule has 0 radical (unpaired) electrons. The van der Waals surface area contributed by atoms with Crippen molar-refractivity contribution >= 4 is 29.3 Å². The van der Waals surface area contributed by atoms with Gasteiger partial charge < -0.3 is 16.4 Å². The Bertz CT molecular complexity index is 859. The van der Waals surface area contributed by atoms with E-state index in [4.69, 9.17) is 5.73 Å². The number of aryl methyl sites for hydroxylation is 1. The van der Waals surface area contributed by atoms with Gasteiger partial charge in [-0.1, -0.05) is 0 Å². The lowest BCUT2D eigenvalue weighted by Crippen LogP contribution is -2.13. The highest BCUT2D eigenvalue weighted by Crippen LogP contribution is 2.11. The molecule has 2 amide bonds. The Balaban J connectivity index is 1.65. The van der Waals surface area contributed by atoms with Crippen molar-refractivity contribution in [3.05, 3.63) is 35.3 Å². The van der Waals surface area contributed by atoms with Gasteiger partial charge >= 0.3 is 0 Å². The van der Waals surface area contributed by atoms with Gasteiger partial charge in [0.1, 0.15) is 17.2 Å². The lowest BCUT2D eigenvalue weighted by Gasteiger charge is -1.98. The summed E-state index contributed by atoms with van der Waals surface area (Å²) < 4.78 is 0. The maximum Gasteiger partial charge on any atom is 0.274 e. The number of hydrogen-bond donors (Lipinski definition) is 6. The van der Waals surface area contributed by atoms with Crippen molar-refractivity contribution in [3.63, 3.8) is 0 Å². The molecule has 11 heteroatoms. The van der Waals surface area contributed by atoms with E-state index in [0.29, 0.717) is 5.82 Å². The summed E-state index contributed by atoms with van der Waals surface area (Å²) in [5.74, 6) is -0.135. The van der Waals surface area contributed by atoms with E-state index in [1.807, 2.05) is 6.92 Å². The summed E-state index contributed by atoms with van der Waals surface area (Å²) in [7, 11) is 0. The molecule has 0 spiro atoms. The van der Waals surface area contributed by atoms with Crippen molar-refractivity contribution < 1.29 is 9.59 Å². The Kier molecular flexibility index (Phi) is 3.51. The lowest BCUT2D eigenvalue weighted by atomic mass is 10.3. The third-order valence-electron chi connectivity index (χ3n) is 2.85. The van der Waals surface area contributed by atoms with E-state index in [2.05, 4.69) is 41.2 Å².